The van der Waals surface area contributed by atoms with Crippen LogP contribution >= 0.6 is 11.8 Å². The maximum atomic E-state index is 12.8. The van der Waals surface area contributed by atoms with Crippen LogP contribution in [-0.4, -0.2) is 53.8 Å². The largest absolute Gasteiger partial charge is 0.481 e. The number of ether oxygens (including phenoxy) is 1. The quantitative estimate of drug-likeness (QED) is 0.398. The lowest BCUT2D eigenvalue weighted by atomic mass is 9.95. The average Bonchev–Trinajstić information content (AvgIpc) is 3.49. The molecule has 3 N–H and O–H groups in total. The van der Waals surface area contributed by atoms with Crippen LogP contribution in [0, 0.1) is 5.92 Å². The minimum absolute atomic E-state index is 0.00955. The van der Waals surface area contributed by atoms with Crippen molar-refractivity contribution >= 4 is 29.7 Å². The minimum Gasteiger partial charge on any atom is -0.481 e. The SMILES string of the molecule is O=C(O)CSCCNC(=O)CC(NC(=O)OCC1c2ccccc2-c2ccccc21)C1CCCC1. The van der Waals surface area contributed by atoms with Crippen molar-refractivity contribution in [3.63, 3.8) is 0 Å². The zero-order valence-electron chi connectivity index (χ0n) is 19.7. The number of amides is 2. The number of carboxylic acids is 1. The molecule has 4 rings (SSSR count). The van der Waals surface area contributed by atoms with E-state index in [1.54, 1.807) is 0 Å². The fraction of sp³-hybridized carbons (Fsp3) is 0.444. The van der Waals surface area contributed by atoms with Gasteiger partial charge in [0, 0.05) is 30.7 Å². The van der Waals surface area contributed by atoms with Crippen LogP contribution in [0.4, 0.5) is 4.79 Å². The molecule has 0 spiro atoms. The van der Waals surface area contributed by atoms with E-state index in [1.807, 2.05) is 24.3 Å². The van der Waals surface area contributed by atoms with Crippen molar-refractivity contribution in [3.8, 4) is 11.1 Å². The molecule has 0 bridgehead atoms. The van der Waals surface area contributed by atoms with E-state index in [0.717, 1.165) is 36.8 Å². The predicted octanol–water partition coefficient (Wildman–Crippen LogP) is 4.41. The van der Waals surface area contributed by atoms with E-state index in [9.17, 15) is 14.4 Å². The van der Waals surface area contributed by atoms with Crippen molar-refractivity contribution in [1.29, 1.82) is 0 Å². The second-order valence-electron chi connectivity index (χ2n) is 9.12. The maximum absolute atomic E-state index is 12.8. The van der Waals surface area contributed by atoms with E-state index >= 15 is 0 Å². The first-order valence-electron chi connectivity index (χ1n) is 12.2. The van der Waals surface area contributed by atoms with Gasteiger partial charge in [0.25, 0.3) is 0 Å². The molecule has 8 heteroatoms. The van der Waals surface area contributed by atoms with Crippen molar-refractivity contribution in [2.45, 2.75) is 44.1 Å². The van der Waals surface area contributed by atoms with Crippen LogP contribution in [-0.2, 0) is 14.3 Å². The van der Waals surface area contributed by atoms with Crippen molar-refractivity contribution in [3.05, 3.63) is 59.7 Å². The summed E-state index contributed by atoms with van der Waals surface area (Å²) in [6.45, 7) is 0.642. The summed E-state index contributed by atoms with van der Waals surface area (Å²) in [7, 11) is 0. The lowest BCUT2D eigenvalue weighted by Gasteiger charge is -2.24. The van der Waals surface area contributed by atoms with Crippen LogP contribution in [0.5, 0.6) is 0 Å². The number of hydrogen-bond acceptors (Lipinski definition) is 5. The van der Waals surface area contributed by atoms with Crippen molar-refractivity contribution in [1.82, 2.24) is 10.6 Å². The average molecular weight is 497 g/mol. The van der Waals surface area contributed by atoms with Crippen LogP contribution in [0.1, 0.15) is 49.1 Å². The van der Waals surface area contributed by atoms with Gasteiger partial charge in [-0.25, -0.2) is 4.79 Å². The van der Waals surface area contributed by atoms with Gasteiger partial charge in [-0.05, 0) is 41.0 Å². The molecular formula is C27H32N2O5S. The van der Waals surface area contributed by atoms with E-state index in [4.69, 9.17) is 9.84 Å². The Morgan fingerprint density at radius 2 is 1.63 bits per heavy atom. The molecule has 1 saturated carbocycles. The topological polar surface area (TPSA) is 105 Å². The second kappa shape index (κ2) is 12.1. The fourth-order valence-electron chi connectivity index (χ4n) is 5.18. The van der Waals surface area contributed by atoms with Crippen LogP contribution in [0.15, 0.2) is 48.5 Å². The molecule has 2 amide bonds. The van der Waals surface area contributed by atoms with Gasteiger partial charge in [-0.15, -0.1) is 11.8 Å². The fourth-order valence-corrected chi connectivity index (χ4v) is 5.75. The van der Waals surface area contributed by atoms with Crippen molar-refractivity contribution in [2.75, 3.05) is 24.7 Å². The Labute approximate surface area is 210 Å². The van der Waals surface area contributed by atoms with Gasteiger partial charge in [0.2, 0.25) is 5.91 Å². The molecule has 2 aromatic rings. The third-order valence-electron chi connectivity index (χ3n) is 6.82. The third-order valence-corrected chi connectivity index (χ3v) is 7.76. The van der Waals surface area contributed by atoms with Gasteiger partial charge in [-0.2, -0.15) is 0 Å². The standard InChI is InChI=1S/C27H32N2O5S/c30-25(28-13-14-35-17-26(31)32)15-24(18-7-1-2-8-18)29-27(33)34-16-23-21-11-5-3-9-19(21)20-10-4-6-12-22(20)23/h3-6,9-12,18,23-24H,1-2,7-8,13-17H2,(H,28,30)(H,29,33)(H,31,32). The van der Waals surface area contributed by atoms with Gasteiger partial charge >= 0.3 is 12.1 Å². The first-order valence-corrected chi connectivity index (χ1v) is 13.4. The van der Waals surface area contributed by atoms with Crippen LogP contribution in [0.3, 0.4) is 0 Å². The molecule has 0 aromatic heterocycles. The molecule has 2 aliphatic rings. The number of aliphatic carboxylic acids is 1. The zero-order valence-corrected chi connectivity index (χ0v) is 20.5. The number of carboxylic acid groups (broad SMARTS) is 1. The van der Waals surface area contributed by atoms with Crippen molar-refractivity contribution in [2.24, 2.45) is 5.92 Å². The van der Waals surface area contributed by atoms with Crippen LogP contribution in [0.2, 0.25) is 0 Å². The molecule has 2 aromatic carbocycles. The normalized spacial score (nSPS) is 15.8. The maximum Gasteiger partial charge on any atom is 0.407 e. The smallest absolute Gasteiger partial charge is 0.407 e. The van der Waals surface area contributed by atoms with Gasteiger partial charge in [0.05, 0.1) is 5.75 Å². The molecular weight excluding hydrogens is 464 g/mol. The highest BCUT2D eigenvalue weighted by Gasteiger charge is 2.31. The number of rotatable bonds is 11. The predicted molar refractivity (Wildman–Crippen MR) is 137 cm³/mol. The summed E-state index contributed by atoms with van der Waals surface area (Å²) in [5.74, 6) is -0.213. The van der Waals surface area contributed by atoms with Gasteiger partial charge in [-0.1, -0.05) is 61.4 Å². The minimum atomic E-state index is -0.866. The Hall–Kier alpha value is -3.00. The molecule has 1 unspecified atom stereocenters. The van der Waals surface area contributed by atoms with Gasteiger partial charge in [0.1, 0.15) is 6.61 Å². The summed E-state index contributed by atoms with van der Waals surface area (Å²) >= 11 is 1.26. The van der Waals surface area contributed by atoms with Gasteiger partial charge in [0.15, 0.2) is 0 Å². The summed E-state index contributed by atoms with van der Waals surface area (Å²) < 4.78 is 5.71. The number of thioether (sulfide) groups is 1. The molecule has 0 heterocycles. The lowest BCUT2D eigenvalue weighted by Crippen LogP contribution is -2.44. The number of hydrogen-bond donors (Lipinski definition) is 3. The number of alkyl carbamates (subject to hydrolysis) is 1. The summed E-state index contributed by atoms with van der Waals surface area (Å²) in [5, 5.41) is 14.5. The highest BCUT2D eigenvalue weighted by molar-refractivity contribution is 7.99. The van der Waals surface area contributed by atoms with E-state index in [1.165, 1.54) is 22.9 Å². The molecule has 35 heavy (non-hydrogen) atoms. The van der Waals surface area contributed by atoms with Crippen molar-refractivity contribution < 1.29 is 24.2 Å². The monoisotopic (exact) mass is 496 g/mol. The Morgan fingerprint density at radius 3 is 2.26 bits per heavy atom. The van der Waals surface area contributed by atoms with Crippen LogP contribution in [0.25, 0.3) is 11.1 Å². The highest BCUT2D eigenvalue weighted by Crippen LogP contribution is 2.44. The molecule has 1 fully saturated rings. The Balaban J connectivity index is 1.31. The molecule has 7 nitrogen and oxygen atoms in total. The second-order valence-corrected chi connectivity index (χ2v) is 10.2. The van der Waals surface area contributed by atoms with E-state index < -0.39 is 12.1 Å². The van der Waals surface area contributed by atoms with Gasteiger partial charge < -0.3 is 20.5 Å². The first kappa shape index (κ1) is 25.1. The zero-order chi connectivity index (χ0) is 24.6. The lowest BCUT2D eigenvalue weighted by molar-refractivity contribution is -0.133. The van der Waals surface area contributed by atoms with E-state index in [2.05, 4.69) is 34.9 Å². The number of nitrogens with one attached hydrogen (secondary N) is 2. The Morgan fingerprint density at radius 1 is 1.00 bits per heavy atom. The van der Waals surface area contributed by atoms with Gasteiger partial charge in [-0.3, -0.25) is 9.59 Å². The molecule has 0 radical (unpaired) electrons. The Kier molecular flexibility index (Phi) is 8.69. The number of carbonyl (C=O) groups excluding carboxylic acids is 2. The van der Waals surface area contributed by atoms with Crippen LogP contribution < -0.4 is 10.6 Å². The van der Waals surface area contributed by atoms with E-state index in [0.29, 0.717) is 12.3 Å². The Bertz CT molecular complexity index is 1010. The number of fused-ring (bicyclic) bond motifs is 3. The third kappa shape index (κ3) is 6.57. The molecule has 186 valence electrons. The molecule has 0 aliphatic heterocycles. The van der Waals surface area contributed by atoms with E-state index in [-0.39, 0.29) is 42.6 Å². The number of benzene rings is 2. The first-order chi connectivity index (χ1) is 17.0. The highest BCUT2D eigenvalue weighted by atomic mass is 32.2. The number of carbonyl (C=O) groups is 3. The summed E-state index contributed by atoms with van der Waals surface area (Å²) in [5.41, 5.74) is 4.68. The summed E-state index contributed by atoms with van der Waals surface area (Å²) in [6, 6.07) is 16.1. The summed E-state index contributed by atoms with van der Waals surface area (Å²) in [6.07, 6.45) is 3.86. The molecule has 0 saturated heterocycles. The molecule has 2 aliphatic carbocycles. The summed E-state index contributed by atoms with van der Waals surface area (Å²) in [4.78, 5) is 35.9. The molecule has 1 atom stereocenters.